The van der Waals surface area contributed by atoms with Gasteiger partial charge in [0.25, 0.3) is 5.91 Å². The average Bonchev–Trinajstić information content (AvgIpc) is 2.90. The van der Waals surface area contributed by atoms with E-state index < -0.39 is 0 Å². The Labute approximate surface area is 144 Å². The quantitative estimate of drug-likeness (QED) is 0.828. The van der Waals surface area contributed by atoms with E-state index in [4.69, 9.17) is 0 Å². The molecule has 1 N–H and O–H groups in total. The van der Waals surface area contributed by atoms with Gasteiger partial charge in [0.2, 0.25) is 0 Å². The molecule has 1 aromatic heterocycles. The molecule has 0 radical (unpaired) electrons. The zero-order chi connectivity index (χ0) is 16.8. The maximum Gasteiger partial charge on any atom is 0.253 e. The van der Waals surface area contributed by atoms with Crippen LogP contribution in [-0.4, -0.2) is 28.9 Å². The zero-order valence-electron chi connectivity index (χ0n) is 15.1. The molecule has 0 bridgehead atoms. The van der Waals surface area contributed by atoms with Gasteiger partial charge in [0.15, 0.2) is 0 Å². The molecule has 1 fully saturated rings. The summed E-state index contributed by atoms with van der Waals surface area (Å²) in [5, 5.41) is 1.26. The molecule has 1 amide bonds. The molecule has 4 rings (SSSR count). The van der Waals surface area contributed by atoms with Crippen LogP contribution in [-0.2, 0) is 12.8 Å². The van der Waals surface area contributed by atoms with Crippen molar-refractivity contribution in [2.45, 2.75) is 46.5 Å². The lowest BCUT2D eigenvalue weighted by atomic mass is 9.87. The summed E-state index contributed by atoms with van der Waals surface area (Å²) in [5.74, 6) is 2.14. The molecule has 0 spiro atoms. The van der Waals surface area contributed by atoms with Crippen LogP contribution in [0.4, 0.5) is 0 Å². The third kappa shape index (κ3) is 2.74. The first-order valence-electron chi connectivity index (χ1n) is 9.44. The second-order valence-electron chi connectivity index (χ2n) is 8.35. The highest BCUT2D eigenvalue weighted by atomic mass is 16.2. The number of hydrogen-bond donors (Lipinski definition) is 1. The predicted octanol–water partition coefficient (Wildman–Crippen LogP) is 4.41. The van der Waals surface area contributed by atoms with Crippen LogP contribution < -0.4 is 0 Å². The highest BCUT2D eigenvalue weighted by molar-refractivity contribution is 5.99. The fourth-order valence-electron chi connectivity index (χ4n) is 4.74. The summed E-state index contributed by atoms with van der Waals surface area (Å²) in [5.41, 5.74) is 4.86. The van der Waals surface area contributed by atoms with E-state index in [0.717, 1.165) is 37.4 Å². The summed E-state index contributed by atoms with van der Waals surface area (Å²) in [6, 6.07) is 6.23. The third-order valence-corrected chi connectivity index (χ3v) is 5.84. The number of carbonyl (C=O) groups excluding carboxylic acids is 1. The number of nitrogens with one attached hydrogen (secondary N) is 1. The molecular weight excluding hydrogens is 296 g/mol. The number of aromatic amines is 1. The van der Waals surface area contributed by atoms with E-state index in [1.54, 1.807) is 0 Å². The van der Waals surface area contributed by atoms with Gasteiger partial charge in [-0.15, -0.1) is 0 Å². The van der Waals surface area contributed by atoms with Gasteiger partial charge in [0.1, 0.15) is 0 Å². The fourth-order valence-corrected chi connectivity index (χ4v) is 4.74. The SMILES string of the molecule is C[C@@H]1CCc2[nH]c3ccc(C(=O)N4C[C@H](C)C[C@@H](C)C4)cc3c2C1. The van der Waals surface area contributed by atoms with Gasteiger partial charge in [-0.3, -0.25) is 4.79 Å². The first-order chi connectivity index (χ1) is 11.5. The van der Waals surface area contributed by atoms with E-state index in [1.165, 1.54) is 35.0 Å². The van der Waals surface area contributed by atoms with Crippen molar-refractivity contribution in [2.24, 2.45) is 17.8 Å². The predicted molar refractivity (Wildman–Crippen MR) is 98.3 cm³/mol. The summed E-state index contributed by atoms with van der Waals surface area (Å²) >= 11 is 0. The molecule has 1 aliphatic carbocycles. The molecule has 0 unspecified atom stereocenters. The fraction of sp³-hybridized carbons (Fsp3) is 0.571. The molecule has 128 valence electrons. The van der Waals surface area contributed by atoms with Gasteiger partial charge in [0.05, 0.1) is 0 Å². The highest BCUT2D eigenvalue weighted by Crippen LogP contribution is 2.32. The van der Waals surface area contributed by atoms with Crippen molar-refractivity contribution in [1.29, 1.82) is 0 Å². The van der Waals surface area contributed by atoms with Crippen molar-refractivity contribution in [3.05, 3.63) is 35.0 Å². The number of piperidine rings is 1. The number of fused-ring (bicyclic) bond motifs is 3. The van der Waals surface area contributed by atoms with Crippen LogP contribution in [0.15, 0.2) is 18.2 Å². The van der Waals surface area contributed by atoms with Gasteiger partial charge in [-0.1, -0.05) is 20.8 Å². The monoisotopic (exact) mass is 324 g/mol. The molecule has 1 aromatic carbocycles. The number of H-pyrrole nitrogens is 1. The van der Waals surface area contributed by atoms with Crippen molar-refractivity contribution in [1.82, 2.24) is 9.88 Å². The number of benzene rings is 1. The number of amides is 1. The highest BCUT2D eigenvalue weighted by Gasteiger charge is 2.27. The van der Waals surface area contributed by atoms with Gasteiger partial charge in [0, 0.05) is 35.2 Å². The molecule has 1 saturated heterocycles. The lowest BCUT2D eigenvalue weighted by Gasteiger charge is -2.35. The number of rotatable bonds is 1. The molecule has 2 heterocycles. The summed E-state index contributed by atoms with van der Waals surface area (Å²) in [7, 11) is 0. The van der Waals surface area contributed by atoms with E-state index >= 15 is 0 Å². The number of aryl methyl sites for hydroxylation is 1. The Morgan fingerprint density at radius 2 is 1.88 bits per heavy atom. The van der Waals surface area contributed by atoms with Gasteiger partial charge >= 0.3 is 0 Å². The van der Waals surface area contributed by atoms with E-state index in [2.05, 4.69) is 42.8 Å². The van der Waals surface area contributed by atoms with Crippen molar-refractivity contribution < 1.29 is 4.79 Å². The molecule has 0 saturated carbocycles. The van der Waals surface area contributed by atoms with E-state index in [-0.39, 0.29) is 5.91 Å². The van der Waals surface area contributed by atoms with Crippen molar-refractivity contribution in [3.8, 4) is 0 Å². The van der Waals surface area contributed by atoms with E-state index in [0.29, 0.717) is 11.8 Å². The van der Waals surface area contributed by atoms with Crippen LogP contribution in [0.3, 0.4) is 0 Å². The first-order valence-corrected chi connectivity index (χ1v) is 9.44. The van der Waals surface area contributed by atoms with Gasteiger partial charge in [-0.25, -0.2) is 0 Å². The minimum absolute atomic E-state index is 0.203. The smallest absolute Gasteiger partial charge is 0.253 e. The van der Waals surface area contributed by atoms with Crippen molar-refractivity contribution >= 4 is 16.8 Å². The zero-order valence-corrected chi connectivity index (χ0v) is 15.1. The van der Waals surface area contributed by atoms with Crippen LogP contribution >= 0.6 is 0 Å². The molecular formula is C21H28N2O. The van der Waals surface area contributed by atoms with E-state index in [9.17, 15) is 4.79 Å². The van der Waals surface area contributed by atoms with Gasteiger partial charge in [-0.05, 0) is 67.2 Å². The second kappa shape index (κ2) is 5.94. The Kier molecular flexibility index (Phi) is 3.90. The summed E-state index contributed by atoms with van der Waals surface area (Å²) < 4.78 is 0. The average molecular weight is 324 g/mol. The summed E-state index contributed by atoms with van der Waals surface area (Å²) in [6.07, 6.45) is 4.75. The maximum absolute atomic E-state index is 13.0. The maximum atomic E-state index is 13.0. The standard InChI is InChI=1S/C21H28N2O/c1-13-4-6-19-17(9-13)18-10-16(5-7-20(18)22-19)21(24)23-11-14(2)8-15(3)12-23/h5,7,10,13-15,22H,4,6,8-9,11-12H2,1-3H3/t13-,14-,15-/m1/s1. The lowest BCUT2D eigenvalue weighted by molar-refractivity contribution is 0.0623. The molecule has 24 heavy (non-hydrogen) atoms. The van der Waals surface area contributed by atoms with Crippen molar-refractivity contribution in [2.75, 3.05) is 13.1 Å². The second-order valence-corrected chi connectivity index (χ2v) is 8.35. The topological polar surface area (TPSA) is 36.1 Å². The molecule has 2 aliphatic rings. The molecule has 3 atom stereocenters. The van der Waals surface area contributed by atoms with Gasteiger partial charge < -0.3 is 9.88 Å². The van der Waals surface area contributed by atoms with Crippen LogP contribution in [0.25, 0.3) is 10.9 Å². The summed E-state index contributed by atoms with van der Waals surface area (Å²) in [6.45, 7) is 8.62. The lowest BCUT2D eigenvalue weighted by Crippen LogP contribution is -2.42. The Morgan fingerprint density at radius 3 is 2.62 bits per heavy atom. The largest absolute Gasteiger partial charge is 0.358 e. The van der Waals surface area contributed by atoms with Crippen LogP contribution in [0.5, 0.6) is 0 Å². The Balaban J connectivity index is 1.67. The Hall–Kier alpha value is -1.77. The van der Waals surface area contributed by atoms with Crippen LogP contribution in [0.2, 0.25) is 0 Å². The number of likely N-dealkylation sites (tertiary alicyclic amines) is 1. The van der Waals surface area contributed by atoms with Crippen molar-refractivity contribution in [3.63, 3.8) is 0 Å². The number of nitrogens with zero attached hydrogens (tertiary/aromatic N) is 1. The van der Waals surface area contributed by atoms with Gasteiger partial charge in [-0.2, -0.15) is 0 Å². The molecule has 2 aromatic rings. The number of hydrogen-bond acceptors (Lipinski definition) is 1. The molecule has 3 heteroatoms. The Morgan fingerprint density at radius 1 is 1.12 bits per heavy atom. The van der Waals surface area contributed by atoms with E-state index in [1.807, 2.05) is 6.07 Å². The van der Waals surface area contributed by atoms with Crippen LogP contribution in [0.1, 0.15) is 55.2 Å². The third-order valence-electron chi connectivity index (χ3n) is 5.84. The first kappa shape index (κ1) is 15.7. The number of aromatic nitrogens is 1. The molecule has 3 nitrogen and oxygen atoms in total. The molecule has 1 aliphatic heterocycles. The van der Waals surface area contributed by atoms with Crippen LogP contribution in [0, 0.1) is 17.8 Å². The minimum atomic E-state index is 0.203. The number of carbonyl (C=O) groups is 1. The Bertz CT molecular complexity index is 765. The summed E-state index contributed by atoms with van der Waals surface area (Å²) in [4.78, 5) is 18.6. The minimum Gasteiger partial charge on any atom is -0.358 e. The normalized spacial score (nSPS) is 27.3.